The summed E-state index contributed by atoms with van der Waals surface area (Å²) < 4.78 is 13.6. The molecule has 0 spiro atoms. The molecule has 2 amide bonds. The molecule has 0 fully saturated rings. The summed E-state index contributed by atoms with van der Waals surface area (Å²) in [6.45, 7) is 7.32. The van der Waals surface area contributed by atoms with E-state index in [0.29, 0.717) is 18.7 Å². The molecule has 0 aromatic heterocycles. The predicted molar refractivity (Wildman–Crippen MR) is 86.0 cm³/mol. The van der Waals surface area contributed by atoms with E-state index in [1.807, 2.05) is 20.8 Å². The average molecular weight is 310 g/mol. The summed E-state index contributed by atoms with van der Waals surface area (Å²) in [5.41, 5.74) is 0.392. The van der Waals surface area contributed by atoms with Crippen LogP contribution in [0.5, 0.6) is 0 Å². The van der Waals surface area contributed by atoms with Crippen molar-refractivity contribution >= 4 is 6.03 Å². The van der Waals surface area contributed by atoms with Crippen molar-refractivity contribution < 1.29 is 14.3 Å². The Morgan fingerprint density at radius 2 is 2.05 bits per heavy atom. The number of urea groups is 1. The Morgan fingerprint density at radius 1 is 1.36 bits per heavy atom. The fourth-order valence-electron chi connectivity index (χ4n) is 2.11. The zero-order valence-electron chi connectivity index (χ0n) is 13.7. The Bertz CT molecular complexity index is 477. The van der Waals surface area contributed by atoms with Crippen LogP contribution in [0, 0.1) is 11.2 Å². The molecular weight excluding hydrogens is 283 g/mol. The molecule has 0 saturated carbocycles. The number of benzene rings is 1. The first-order valence-electron chi connectivity index (χ1n) is 7.76. The highest BCUT2D eigenvalue weighted by Crippen LogP contribution is 2.20. The molecular formula is C17H27FN2O2. The van der Waals surface area contributed by atoms with Crippen molar-refractivity contribution in [2.24, 2.45) is 5.41 Å². The van der Waals surface area contributed by atoms with Crippen molar-refractivity contribution in [2.45, 2.75) is 40.2 Å². The van der Waals surface area contributed by atoms with Crippen molar-refractivity contribution in [1.29, 1.82) is 0 Å². The first-order valence-corrected chi connectivity index (χ1v) is 7.76. The number of aliphatic hydroxyl groups excluding tert-OH is 1. The number of halogens is 1. The monoisotopic (exact) mass is 310 g/mol. The lowest BCUT2D eigenvalue weighted by molar-refractivity contribution is 0.147. The Labute approximate surface area is 132 Å². The van der Waals surface area contributed by atoms with Crippen LogP contribution in [0.2, 0.25) is 0 Å². The predicted octanol–water partition coefficient (Wildman–Crippen LogP) is 3.16. The lowest BCUT2D eigenvalue weighted by Gasteiger charge is -2.23. The number of carbonyl (C=O) groups is 1. The zero-order valence-corrected chi connectivity index (χ0v) is 13.7. The van der Waals surface area contributed by atoms with Crippen LogP contribution in [0.3, 0.4) is 0 Å². The molecule has 0 aliphatic rings. The van der Waals surface area contributed by atoms with Gasteiger partial charge in [-0.15, -0.1) is 0 Å². The van der Waals surface area contributed by atoms with E-state index in [9.17, 15) is 14.3 Å². The third-order valence-electron chi connectivity index (χ3n) is 3.72. The summed E-state index contributed by atoms with van der Waals surface area (Å²) in [4.78, 5) is 13.7. The maximum absolute atomic E-state index is 13.6. The Hall–Kier alpha value is -1.62. The number of hydrogen-bond donors (Lipinski definition) is 2. The van der Waals surface area contributed by atoms with E-state index in [1.165, 1.54) is 6.07 Å². The third-order valence-corrected chi connectivity index (χ3v) is 3.72. The highest BCUT2D eigenvalue weighted by atomic mass is 19.1. The van der Waals surface area contributed by atoms with Crippen LogP contribution in [0.1, 0.15) is 39.2 Å². The molecule has 5 heteroatoms. The quantitative estimate of drug-likeness (QED) is 0.725. The smallest absolute Gasteiger partial charge is 0.317 e. The Kier molecular flexibility index (Phi) is 7.32. The number of nitrogens with zero attached hydrogens (tertiary/aromatic N) is 1. The highest BCUT2D eigenvalue weighted by Gasteiger charge is 2.17. The largest absolute Gasteiger partial charge is 0.396 e. The maximum atomic E-state index is 13.6. The van der Waals surface area contributed by atoms with E-state index in [2.05, 4.69) is 5.32 Å². The second-order valence-electron chi connectivity index (χ2n) is 6.26. The maximum Gasteiger partial charge on any atom is 0.317 e. The van der Waals surface area contributed by atoms with Gasteiger partial charge in [-0.05, 0) is 31.2 Å². The Morgan fingerprint density at radius 3 is 2.64 bits per heavy atom. The third kappa shape index (κ3) is 6.02. The van der Waals surface area contributed by atoms with E-state index in [-0.39, 0.29) is 30.4 Å². The van der Waals surface area contributed by atoms with Gasteiger partial charge in [-0.1, -0.05) is 32.0 Å². The number of carbonyl (C=O) groups excluding carboxylic acids is 1. The van der Waals surface area contributed by atoms with Gasteiger partial charge in [0.25, 0.3) is 0 Å². The second-order valence-corrected chi connectivity index (χ2v) is 6.26. The number of amides is 2. The number of aliphatic hydroxyl groups is 1. The summed E-state index contributed by atoms with van der Waals surface area (Å²) in [5.74, 6) is -0.293. The first kappa shape index (κ1) is 18.4. The minimum Gasteiger partial charge on any atom is -0.396 e. The second kappa shape index (κ2) is 8.73. The van der Waals surface area contributed by atoms with Gasteiger partial charge in [-0.25, -0.2) is 9.18 Å². The van der Waals surface area contributed by atoms with Crippen LogP contribution in [0.25, 0.3) is 0 Å². The van der Waals surface area contributed by atoms with Gasteiger partial charge in [-0.2, -0.15) is 0 Å². The molecule has 2 N–H and O–H groups in total. The number of rotatable bonds is 8. The topological polar surface area (TPSA) is 52.6 Å². The van der Waals surface area contributed by atoms with Gasteiger partial charge in [0.2, 0.25) is 0 Å². The van der Waals surface area contributed by atoms with Crippen molar-refractivity contribution in [2.75, 3.05) is 19.7 Å². The van der Waals surface area contributed by atoms with E-state index >= 15 is 0 Å². The van der Waals surface area contributed by atoms with Gasteiger partial charge < -0.3 is 15.3 Å². The average Bonchev–Trinajstić information content (AvgIpc) is 2.50. The van der Waals surface area contributed by atoms with Gasteiger partial charge in [-0.3, -0.25) is 0 Å². The Balaban J connectivity index is 2.43. The van der Waals surface area contributed by atoms with E-state index in [4.69, 9.17) is 0 Å². The molecule has 0 heterocycles. The number of nitrogens with one attached hydrogen (secondary N) is 1. The molecule has 0 aliphatic heterocycles. The summed E-state index contributed by atoms with van der Waals surface area (Å²) >= 11 is 0. The van der Waals surface area contributed by atoms with Crippen LogP contribution in [-0.2, 0) is 6.54 Å². The summed E-state index contributed by atoms with van der Waals surface area (Å²) in [7, 11) is 0. The molecule has 0 unspecified atom stereocenters. The van der Waals surface area contributed by atoms with Crippen LogP contribution >= 0.6 is 0 Å². The molecule has 124 valence electrons. The molecule has 4 nitrogen and oxygen atoms in total. The van der Waals surface area contributed by atoms with E-state index < -0.39 is 0 Å². The molecule has 1 aromatic carbocycles. The molecule has 1 rings (SSSR count). The molecule has 0 atom stereocenters. The molecule has 0 radical (unpaired) electrons. The molecule has 1 aromatic rings. The van der Waals surface area contributed by atoms with E-state index in [0.717, 1.165) is 12.8 Å². The fraction of sp³-hybridized carbons (Fsp3) is 0.588. The fourth-order valence-corrected chi connectivity index (χ4v) is 2.11. The zero-order chi connectivity index (χ0) is 16.6. The van der Waals surface area contributed by atoms with Crippen LogP contribution in [-0.4, -0.2) is 35.7 Å². The van der Waals surface area contributed by atoms with Crippen LogP contribution < -0.4 is 5.32 Å². The lowest BCUT2D eigenvalue weighted by atomic mass is 9.89. The van der Waals surface area contributed by atoms with E-state index in [1.54, 1.807) is 23.1 Å². The van der Waals surface area contributed by atoms with Gasteiger partial charge in [0.15, 0.2) is 0 Å². The van der Waals surface area contributed by atoms with Gasteiger partial charge in [0.05, 0.1) is 6.54 Å². The van der Waals surface area contributed by atoms with Crippen molar-refractivity contribution in [3.63, 3.8) is 0 Å². The number of hydrogen-bond acceptors (Lipinski definition) is 2. The molecule has 0 saturated heterocycles. The minimum absolute atomic E-state index is 0.123. The van der Waals surface area contributed by atoms with Crippen LogP contribution in [0.4, 0.5) is 9.18 Å². The summed E-state index contributed by atoms with van der Waals surface area (Å²) in [6, 6.07) is 6.30. The SMILES string of the molecule is CCN(Cc1ccccc1F)C(=O)NCCCC(C)(C)CO. The minimum atomic E-state index is -0.293. The standard InChI is InChI=1S/C17H27FN2O2/c1-4-20(12-14-8-5-6-9-15(14)18)16(22)19-11-7-10-17(2,3)13-21/h5-6,8-9,21H,4,7,10-13H2,1-3H3,(H,19,22). The van der Waals surface area contributed by atoms with Crippen molar-refractivity contribution in [1.82, 2.24) is 10.2 Å². The van der Waals surface area contributed by atoms with Gasteiger partial charge in [0.1, 0.15) is 5.82 Å². The molecule has 22 heavy (non-hydrogen) atoms. The molecule has 0 aliphatic carbocycles. The van der Waals surface area contributed by atoms with Crippen LogP contribution in [0.15, 0.2) is 24.3 Å². The van der Waals surface area contributed by atoms with Gasteiger partial charge >= 0.3 is 6.03 Å². The highest BCUT2D eigenvalue weighted by molar-refractivity contribution is 5.74. The summed E-state index contributed by atoms with van der Waals surface area (Å²) in [6.07, 6.45) is 1.64. The first-order chi connectivity index (χ1) is 10.4. The van der Waals surface area contributed by atoms with Crippen molar-refractivity contribution in [3.8, 4) is 0 Å². The molecule has 0 bridgehead atoms. The van der Waals surface area contributed by atoms with Crippen molar-refractivity contribution in [3.05, 3.63) is 35.6 Å². The lowest BCUT2D eigenvalue weighted by Crippen LogP contribution is -2.40. The summed E-state index contributed by atoms with van der Waals surface area (Å²) in [5, 5.41) is 12.0. The van der Waals surface area contributed by atoms with Gasteiger partial charge in [0, 0.05) is 25.3 Å². The normalized spacial score (nSPS) is 11.3.